The Kier molecular flexibility index (Phi) is 5.46. The van der Waals surface area contributed by atoms with Gasteiger partial charge in [0.1, 0.15) is 5.75 Å². The molecule has 162 valence electrons. The number of rotatable bonds is 5. The summed E-state index contributed by atoms with van der Waals surface area (Å²) in [6.07, 6.45) is 0. The van der Waals surface area contributed by atoms with Gasteiger partial charge in [-0.25, -0.2) is 9.50 Å². The number of nitrogens with zero attached hydrogens (tertiary/aromatic N) is 5. The topological polar surface area (TPSA) is 90.2 Å². The van der Waals surface area contributed by atoms with Crippen LogP contribution in [0.5, 0.6) is 5.75 Å². The van der Waals surface area contributed by atoms with E-state index in [1.807, 2.05) is 84.9 Å². The van der Waals surface area contributed by atoms with Crippen LogP contribution >= 0.6 is 11.6 Å². The summed E-state index contributed by atoms with van der Waals surface area (Å²) in [5, 5.41) is 13.9. The van der Waals surface area contributed by atoms with Gasteiger partial charge in [0.2, 0.25) is 0 Å². The fourth-order valence-electron chi connectivity index (χ4n) is 3.46. The van der Waals surface area contributed by atoms with Gasteiger partial charge in [-0.05, 0) is 42.5 Å². The Morgan fingerprint density at radius 3 is 2.30 bits per heavy atom. The van der Waals surface area contributed by atoms with E-state index in [-0.39, 0.29) is 5.82 Å². The Balaban J connectivity index is 1.68. The molecule has 5 aromatic rings. The van der Waals surface area contributed by atoms with Crippen molar-refractivity contribution < 1.29 is 4.74 Å². The Morgan fingerprint density at radius 1 is 0.879 bits per heavy atom. The van der Waals surface area contributed by atoms with Gasteiger partial charge in [0.25, 0.3) is 0 Å². The van der Waals surface area contributed by atoms with Crippen molar-refractivity contribution in [3.8, 4) is 28.3 Å². The van der Waals surface area contributed by atoms with E-state index < -0.39 is 0 Å². The van der Waals surface area contributed by atoms with E-state index in [9.17, 15) is 0 Å². The van der Waals surface area contributed by atoms with E-state index in [1.54, 1.807) is 11.6 Å². The SMILES string of the molecule is COc1ccc(N=Nc2c(N)nn3c(-c4ccc(Cl)cc4)cc(-c4ccccc4)nc23)cc1. The number of hydrogen-bond acceptors (Lipinski definition) is 6. The number of nitrogens with two attached hydrogens (primary N) is 1. The first-order chi connectivity index (χ1) is 16.1. The molecule has 5 rings (SSSR count). The molecule has 0 saturated heterocycles. The molecule has 0 amide bonds. The van der Waals surface area contributed by atoms with Gasteiger partial charge in [0.05, 0.1) is 24.2 Å². The summed E-state index contributed by atoms with van der Waals surface area (Å²) < 4.78 is 6.88. The van der Waals surface area contributed by atoms with Crippen molar-refractivity contribution in [1.82, 2.24) is 14.6 Å². The van der Waals surface area contributed by atoms with Gasteiger partial charge in [0.15, 0.2) is 17.2 Å². The molecule has 33 heavy (non-hydrogen) atoms. The molecule has 0 aliphatic rings. The molecule has 0 bridgehead atoms. The van der Waals surface area contributed by atoms with Gasteiger partial charge in [0, 0.05) is 16.1 Å². The number of hydrogen-bond donors (Lipinski definition) is 1. The molecule has 7 nitrogen and oxygen atoms in total. The maximum Gasteiger partial charge on any atom is 0.186 e. The van der Waals surface area contributed by atoms with Gasteiger partial charge in [-0.2, -0.15) is 5.11 Å². The van der Waals surface area contributed by atoms with Crippen LogP contribution in [0.15, 0.2) is 95.2 Å². The highest BCUT2D eigenvalue weighted by atomic mass is 35.5. The van der Waals surface area contributed by atoms with Crippen LogP contribution in [0.25, 0.3) is 28.2 Å². The zero-order valence-corrected chi connectivity index (χ0v) is 18.4. The van der Waals surface area contributed by atoms with Crippen LogP contribution in [0.4, 0.5) is 17.2 Å². The van der Waals surface area contributed by atoms with Crippen LogP contribution in [-0.2, 0) is 0 Å². The summed E-state index contributed by atoms with van der Waals surface area (Å²) in [6.45, 7) is 0. The molecule has 0 saturated carbocycles. The summed E-state index contributed by atoms with van der Waals surface area (Å²) in [7, 11) is 1.62. The number of ether oxygens (including phenoxy) is 1. The molecule has 0 aliphatic carbocycles. The second-order valence-electron chi connectivity index (χ2n) is 7.27. The Hall–Kier alpha value is -4.23. The fraction of sp³-hybridized carbons (Fsp3) is 0.0400. The highest BCUT2D eigenvalue weighted by Gasteiger charge is 2.18. The Morgan fingerprint density at radius 2 is 1.61 bits per heavy atom. The lowest BCUT2D eigenvalue weighted by molar-refractivity contribution is 0.415. The van der Waals surface area contributed by atoms with Gasteiger partial charge in [-0.15, -0.1) is 10.2 Å². The van der Waals surface area contributed by atoms with Gasteiger partial charge in [-0.1, -0.05) is 54.1 Å². The van der Waals surface area contributed by atoms with Crippen molar-refractivity contribution >= 4 is 34.4 Å². The largest absolute Gasteiger partial charge is 0.497 e. The number of fused-ring (bicyclic) bond motifs is 1. The molecular weight excluding hydrogens is 436 g/mol. The number of methoxy groups -OCH3 is 1. The molecule has 2 aromatic heterocycles. The number of benzene rings is 3. The molecule has 3 aromatic carbocycles. The van der Waals surface area contributed by atoms with E-state index in [0.717, 1.165) is 28.3 Å². The van der Waals surface area contributed by atoms with Crippen LogP contribution in [0.3, 0.4) is 0 Å². The highest BCUT2D eigenvalue weighted by molar-refractivity contribution is 6.30. The number of halogens is 1. The lowest BCUT2D eigenvalue weighted by Crippen LogP contribution is -1.98. The maximum atomic E-state index is 6.26. The zero-order chi connectivity index (χ0) is 22.8. The molecule has 0 atom stereocenters. The van der Waals surface area contributed by atoms with Gasteiger partial charge in [-0.3, -0.25) is 0 Å². The smallest absolute Gasteiger partial charge is 0.186 e. The Bertz CT molecular complexity index is 1450. The quantitative estimate of drug-likeness (QED) is 0.298. The fourth-order valence-corrected chi connectivity index (χ4v) is 3.58. The van der Waals surface area contributed by atoms with E-state index >= 15 is 0 Å². The third kappa shape index (κ3) is 4.14. The van der Waals surface area contributed by atoms with Crippen molar-refractivity contribution in [2.24, 2.45) is 10.2 Å². The van der Waals surface area contributed by atoms with E-state index in [4.69, 9.17) is 27.1 Å². The van der Waals surface area contributed by atoms with Crippen LogP contribution in [0.1, 0.15) is 0 Å². The summed E-state index contributed by atoms with van der Waals surface area (Å²) in [5.74, 6) is 0.978. The van der Waals surface area contributed by atoms with Crippen molar-refractivity contribution in [2.75, 3.05) is 12.8 Å². The summed E-state index contributed by atoms with van der Waals surface area (Å²) in [4.78, 5) is 4.83. The standard InChI is InChI=1S/C25H19ClN6O/c1-33-20-13-11-19(12-14-20)29-30-23-24(27)31-32-22(17-7-9-18(26)10-8-17)15-21(28-25(23)32)16-5-3-2-4-6-16/h2-15H,1H3,(H2,27,31). The first kappa shape index (κ1) is 20.7. The second-order valence-corrected chi connectivity index (χ2v) is 7.70. The van der Waals surface area contributed by atoms with Crippen molar-refractivity contribution in [3.05, 3.63) is 90.0 Å². The number of nitrogen functional groups attached to an aromatic ring is 1. The molecule has 0 radical (unpaired) electrons. The normalized spacial score (nSPS) is 11.3. The van der Waals surface area contributed by atoms with Crippen LogP contribution in [-0.4, -0.2) is 21.7 Å². The Labute approximate surface area is 195 Å². The summed E-state index contributed by atoms with van der Waals surface area (Å²) in [5.41, 5.74) is 11.3. The van der Waals surface area contributed by atoms with Gasteiger partial charge < -0.3 is 10.5 Å². The molecule has 0 unspecified atom stereocenters. The molecule has 0 spiro atoms. The minimum Gasteiger partial charge on any atom is -0.497 e. The average molecular weight is 455 g/mol. The first-order valence-electron chi connectivity index (χ1n) is 10.2. The predicted molar refractivity (Wildman–Crippen MR) is 130 cm³/mol. The predicted octanol–water partition coefficient (Wildman–Crippen LogP) is 6.72. The van der Waals surface area contributed by atoms with Crippen molar-refractivity contribution in [3.63, 3.8) is 0 Å². The molecule has 0 aliphatic heterocycles. The van der Waals surface area contributed by atoms with Crippen LogP contribution in [0.2, 0.25) is 5.02 Å². The third-order valence-corrected chi connectivity index (χ3v) is 5.39. The van der Waals surface area contributed by atoms with E-state index in [2.05, 4.69) is 15.3 Å². The second kappa shape index (κ2) is 8.72. The number of anilines is 1. The molecule has 0 fully saturated rings. The lowest BCUT2D eigenvalue weighted by atomic mass is 10.1. The maximum absolute atomic E-state index is 6.26. The minimum atomic E-state index is 0.236. The van der Waals surface area contributed by atoms with Crippen molar-refractivity contribution in [2.45, 2.75) is 0 Å². The first-order valence-corrected chi connectivity index (χ1v) is 10.6. The van der Waals surface area contributed by atoms with Crippen LogP contribution in [0, 0.1) is 0 Å². The van der Waals surface area contributed by atoms with Gasteiger partial charge >= 0.3 is 0 Å². The van der Waals surface area contributed by atoms with Crippen molar-refractivity contribution in [1.29, 1.82) is 0 Å². The van der Waals surface area contributed by atoms with E-state index in [0.29, 0.717) is 22.0 Å². The molecule has 8 heteroatoms. The molecule has 2 heterocycles. The monoisotopic (exact) mass is 454 g/mol. The number of azo groups is 1. The summed E-state index contributed by atoms with van der Waals surface area (Å²) in [6, 6.07) is 26.7. The lowest BCUT2D eigenvalue weighted by Gasteiger charge is -2.09. The summed E-state index contributed by atoms with van der Waals surface area (Å²) >= 11 is 6.10. The molecular formula is C25H19ClN6O. The third-order valence-electron chi connectivity index (χ3n) is 5.14. The van der Waals surface area contributed by atoms with Crippen LogP contribution < -0.4 is 10.5 Å². The minimum absolute atomic E-state index is 0.236. The zero-order valence-electron chi connectivity index (χ0n) is 17.7. The highest BCUT2D eigenvalue weighted by Crippen LogP contribution is 2.34. The number of aromatic nitrogens is 3. The average Bonchev–Trinajstić information content (AvgIpc) is 3.18. The van der Waals surface area contributed by atoms with E-state index in [1.165, 1.54) is 0 Å². The molecule has 2 N–H and O–H groups in total.